The van der Waals surface area contributed by atoms with Crippen molar-refractivity contribution in [2.24, 2.45) is 0 Å². The molecule has 64 heavy (non-hydrogen) atoms. The maximum Gasteiger partial charge on any atom is 0.0726 e. The van der Waals surface area contributed by atoms with E-state index < -0.39 is 5.41 Å². The number of anilines is 3. The Balaban J connectivity index is 1.02. The zero-order valence-corrected chi connectivity index (χ0v) is 36.4. The fourth-order valence-electron chi connectivity index (χ4n) is 12.1. The first-order valence-electron chi connectivity index (χ1n) is 22.4. The van der Waals surface area contributed by atoms with Gasteiger partial charge in [0, 0.05) is 42.5 Å². The predicted molar refractivity (Wildman–Crippen MR) is 271 cm³/mol. The van der Waals surface area contributed by atoms with Crippen LogP contribution in [0.4, 0.5) is 17.1 Å². The van der Waals surface area contributed by atoms with Gasteiger partial charge in [-0.15, -0.1) is 11.3 Å². The first-order chi connectivity index (χ1) is 31.5. The Hall–Kier alpha value is -7.52. The molecule has 2 heteroatoms. The maximum absolute atomic E-state index is 2.54. The predicted octanol–water partition coefficient (Wildman–Crippen LogP) is 17.0. The van der Waals surface area contributed by atoms with E-state index in [-0.39, 0.29) is 5.41 Å². The molecule has 1 spiro atoms. The Morgan fingerprint density at radius 2 is 0.953 bits per heavy atom. The van der Waals surface area contributed by atoms with E-state index in [4.69, 9.17) is 0 Å². The highest BCUT2D eigenvalue weighted by atomic mass is 32.1. The standard InChI is InChI=1S/C62H41NS/c1-61(2)50-23-9-5-17-44(50)45-35-34-41(37-55(45)61)63(40-32-29-39(30-33-40)43-21-13-22-47-46-18-8-12-28-57(46)64-60(43)47)56-27-14-26-53-59(56)49-20-7-11-25-52(49)62(53)51-24-10-6-19-48(51)58-42-16-4-3-15-38(42)31-36-54(58)62/h3-37H,1-2H3. The monoisotopic (exact) mass is 831 g/mol. The first kappa shape index (κ1) is 36.0. The van der Waals surface area contributed by atoms with Crippen molar-refractivity contribution in [3.63, 3.8) is 0 Å². The van der Waals surface area contributed by atoms with Crippen molar-refractivity contribution in [2.45, 2.75) is 24.7 Å². The van der Waals surface area contributed by atoms with Gasteiger partial charge in [0.2, 0.25) is 0 Å². The normalized spacial score (nSPS) is 15.8. The van der Waals surface area contributed by atoms with Gasteiger partial charge in [-0.2, -0.15) is 0 Å². The van der Waals surface area contributed by atoms with Gasteiger partial charge in [-0.25, -0.2) is 0 Å². The summed E-state index contributed by atoms with van der Waals surface area (Å²) in [6, 6.07) is 80.2. The highest BCUT2D eigenvalue weighted by Gasteiger charge is 2.53. The molecule has 3 aliphatic carbocycles. The van der Waals surface area contributed by atoms with Gasteiger partial charge in [-0.1, -0.05) is 190 Å². The fourth-order valence-corrected chi connectivity index (χ4v) is 13.4. The van der Waals surface area contributed by atoms with Gasteiger partial charge >= 0.3 is 0 Å². The van der Waals surface area contributed by atoms with Crippen molar-refractivity contribution >= 4 is 59.3 Å². The summed E-state index contributed by atoms with van der Waals surface area (Å²) in [5.41, 5.74) is 21.4. The number of nitrogens with zero attached hydrogens (tertiary/aromatic N) is 1. The molecule has 1 heterocycles. The molecule has 1 aromatic heterocycles. The summed E-state index contributed by atoms with van der Waals surface area (Å²) in [6.07, 6.45) is 0. The quantitative estimate of drug-likeness (QED) is 0.171. The summed E-state index contributed by atoms with van der Waals surface area (Å²) in [5.74, 6) is 0. The van der Waals surface area contributed by atoms with Crippen LogP contribution in [0.5, 0.6) is 0 Å². The lowest BCUT2D eigenvalue weighted by molar-refractivity contribution is 0.660. The van der Waals surface area contributed by atoms with Crippen LogP contribution >= 0.6 is 11.3 Å². The van der Waals surface area contributed by atoms with Crippen LogP contribution < -0.4 is 4.90 Å². The molecular formula is C62H41NS. The zero-order chi connectivity index (χ0) is 42.3. The van der Waals surface area contributed by atoms with Crippen LogP contribution in [0.2, 0.25) is 0 Å². The molecule has 0 radical (unpaired) electrons. The van der Waals surface area contributed by atoms with Gasteiger partial charge in [0.25, 0.3) is 0 Å². The van der Waals surface area contributed by atoms with Gasteiger partial charge in [0.15, 0.2) is 0 Å². The number of fused-ring (bicyclic) bond motifs is 18. The minimum absolute atomic E-state index is 0.143. The topological polar surface area (TPSA) is 3.24 Å². The molecule has 1 atom stereocenters. The Morgan fingerprint density at radius 1 is 0.375 bits per heavy atom. The molecule has 11 aromatic rings. The summed E-state index contributed by atoms with van der Waals surface area (Å²) in [7, 11) is 0. The lowest BCUT2D eigenvalue weighted by Crippen LogP contribution is -2.26. The third-order valence-electron chi connectivity index (χ3n) is 14.9. The van der Waals surface area contributed by atoms with Crippen molar-refractivity contribution in [1.82, 2.24) is 0 Å². The minimum Gasteiger partial charge on any atom is -0.310 e. The van der Waals surface area contributed by atoms with Gasteiger partial charge in [0.05, 0.1) is 11.1 Å². The third-order valence-corrected chi connectivity index (χ3v) is 16.1. The van der Waals surface area contributed by atoms with Gasteiger partial charge in [-0.05, 0) is 119 Å². The molecule has 10 aromatic carbocycles. The molecule has 3 aliphatic rings. The van der Waals surface area contributed by atoms with Gasteiger partial charge < -0.3 is 4.90 Å². The first-order valence-corrected chi connectivity index (χ1v) is 23.2. The highest BCUT2D eigenvalue weighted by Crippen LogP contribution is 2.65. The average molecular weight is 832 g/mol. The molecule has 300 valence electrons. The van der Waals surface area contributed by atoms with E-state index in [1.807, 2.05) is 11.3 Å². The second kappa shape index (κ2) is 13.0. The molecular weight excluding hydrogens is 791 g/mol. The molecule has 1 unspecified atom stereocenters. The SMILES string of the molecule is CC1(C)c2ccccc2-c2ccc(N(c3ccc(-c4cccc5c4sc4ccccc45)cc3)c3cccc4c3-c3ccccc3C43c4ccccc4-c4c3ccc3ccccc43)cc21. The van der Waals surface area contributed by atoms with Crippen molar-refractivity contribution in [2.75, 3.05) is 4.90 Å². The van der Waals surface area contributed by atoms with E-state index in [9.17, 15) is 0 Å². The number of hydrogen-bond acceptors (Lipinski definition) is 2. The van der Waals surface area contributed by atoms with E-state index in [0.29, 0.717) is 0 Å². The summed E-state index contributed by atoms with van der Waals surface area (Å²) in [4.78, 5) is 2.54. The molecule has 1 nitrogen and oxygen atoms in total. The summed E-state index contributed by atoms with van der Waals surface area (Å²) < 4.78 is 2.66. The summed E-state index contributed by atoms with van der Waals surface area (Å²) in [5, 5.41) is 5.22. The Labute approximate surface area is 377 Å². The molecule has 0 saturated carbocycles. The van der Waals surface area contributed by atoms with Crippen LogP contribution in [0.1, 0.15) is 47.2 Å². The van der Waals surface area contributed by atoms with Crippen LogP contribution in [-0.4, -0.2) is 0 Å². The second-order valence-corrected chi connectivity index (χ2v) is 19.4. The van der Waals surface area contributed by atoms with Gasteiger partial charge in [0.1, 0.15) is 0 Å². The Bertz CT molecular complexity index is 3770. The molecule has 0 fully saturated rings. The fraction of sp³-hybridized carbons (Fsp3) is 0.0645. The lowest BCUT2D eigenvalue weighted by Gasteiger charge is -2.32. The molecule has 0 N–H and O–H groups in total. The van der Waals surface area contributed by atoms with E-state index in [0.717, 1.165) is 11.4 Å². The molecule has 0 aliphatic heterocycles. The summed E-state index contributed by atoms with van der Waals surface area (Å²) in [6.45, 7) is 4.77. The zero-order valence-electron chi connectivity index (χ0n) is 35.6. The molecule has 0 bridgehead atoms. The van der Waals surface area contributed by atoms with E-state index >= 15 is 0 Å². The number of rotatable bonds is 4. The van der Waals surface area contributed by atoms with Crippen LogP contribution in [-0.2, 0) is 10.8 Å². The largest absolute Gasteiger partial charge is 0.310 e. The highest BCUT2D eigenvalue weighted by molar-refractivity contribution is 7.26. The third kappa shape index (κ3) is 4.63. The minimum atomic E-state index is -0.474. The smallest absolute Gasteiger partial charge is 0.0726 e. The molecule has 0 saturated heterocycles. The maximum atomic E-state index is 2.54. The average Bonchev–Trinajstić information content (AvgIpc) is 4.04. The van der Waals surface area contributed by atoms with Crippen LogP contribution in [0.3, 0.4) is 0 Å². The molecule has 0 amide bonds. The van der Waals surface area contributed by atoms with E-state index in [1.54, 1.807) is 0 Å². The van der Waals surface area contributed by atoms with E-state index in [2.05, 4.69) is 231 Å². The van der Waals surface area contributed by atoms with Crippen molar-refractivity contribution in [3.05, 3.63) is 246 Å². The van der Waals surface area contributed by atoms with Crippen LogP contribution in [0.15, 0.2) is 212 Å². The van der Waals surface area contributed by atoms with Crippen molar-refractivity contribution < 1.29 is 0 Å². The lowest BCUT2D eigenvalue weighted by atomic mass is 9.70. The van der Waals surface area contributed by atoms with Crippen LogP contribution in [0.25, 0.3) is 75.5 Å². The number of benzene rings is 10. The number of hydrogen-bond donors (Lipinski definition) is 0. The van der Waals surface area contributed by atoms with E-state index in [1.165, 1.54) is 115 Å². The number of thiophene rings is 1. The Kier molecular flexibility index (Phi) is 7.32. The van der Waals surface area contributed by atoms with Gasteiger partial charge in [-0.3, -0.25) is 0 Å². The summed E-state index contributed by atoms with van der Waals surface area (Å²) >= 11 is 1.89. The van der Waals surface area contributed by atoms with Crippen LogP contribution in [0, 0.1) is 0 Å². The second-order valence-electron chi connectivity index (χ2n) is 18.3. The Morgan fingerprint density at radius 3 is 1.77 bits per heavy atom. The van der Waals surface area contributed by atoms with Crippen molar-refractivity contribution in [1.29, 1.82) is 0 Å². The molecule has 14 rings (SSSR count). The van der Waals surface area contributed by atoms with Crippen molar-refractivity contribution in [3.8, 4) is 44.5 Å².